The molecule has 0 spiro atoms. The third-order valence-electron chi connectivity index (χ3n) is 2.02. The van der Waals surface area contributed by atoms with Crippen molar-refractivity contribution >= 4 is 0 Å². The molecule has 1 rings (SSSR count). The van der Waals surface area contributed by atoms with E-state index in [1.54, 1.807) is 19.2 Å². The van der Waals surface area contributed by atoms with Gasteiger partial charge >= 0.3 is 0 Å². The molecule has 4 heteroatoms. The summed E-state index contributed by atoms with van der Waals surface area (Å²) in [6.45, 7) is 4.56. The monoisotopic (exact) mass is 210 g/mol. The Morgan fingerprint density at radius 3 is 2.80 bits per heavy atom. The van der Waals surface area contributed by atoms with Crippen molar-refractivity contribution in [2.45, 2.75) is 26.0 Å². The van der Waals surface area contributed by atoms with Gasteiger partial charge in [0.05, 0.1) is 12.8 Å². The predicted molar refractivity (Wildman–Crippen MR) is 58.9 cm³/mol. The van der Waals surface area contributed by atoms with Crippen LogP contribution in [0.4, 0.5) is 0 Å². The Kier molecular flexibility index (Phi) is 4.52. The molecule has 84 valence electrons. The summed E-state index contributed by atoms with van der Waals surface area (Å²) in [5.41, 5.74) is 0.627. The number of pyridine rings is 1. The van der Waals surface area contributed by atoms with Crippen LogP contribution in [0.3, 0.4) is 0 Å². The maximum Gasteiger partial charge on any atom is 0.213 e. The number of nitrogens with zero attached hydrogens (tertiary/aromatic N) is 1. The number of hydrogen-bond donors (Lipinski definition) is 2. The molecule has 0 aliphatic carbocycles. The summed E-state index contributed by atoms with van der Waals surface area (Å²) in [7, 11) is 1.56. The maximum absolute atomic E-state index is 9.81. The van der Waals surface area contributed by atoms with Crippen molar-refractivity contribution in [3.05, 3.63) is 23.9 Å². The lowest BCUT2D eigenvalue weighted by atomic mass is 10.2. The summed E-state index contributed by atoms with van der Waals surface area (Å²) >= 11 is 0. The highest BCUT2D eigenvalue weighted by Crippen LogP contribution is 2.13. The van der Waals surface area contributed by atoms with Crippen LogP contribution >= 0.6 is 0 Å². The Morgan fingerprint density at radius 1 is 1.47 bits per heavy atom. The highest BCUT2D eigenvalue weighted by atomic mass is 16.5. The molecular weight excluding hydrogens is 192 g/mol. The van der Waals surface area contributed by atoms with Crippen LogP contribution in [0.5, 0.6) is 5.88 Å². The average Bonchev–Trinajstić information content (AvgIpc) is 2.26. The smallest absolute Gasteiger partial charge is 0.213 e. The van der Waals surface area contributed by atoms with Gasteiger partial charge in [0.15, 0.2) is 0 Å². The van der Waals surface area contributed by atoms with E-state index in [1.165, 1.54) is 0 Å². The fourth-order valence-corrected chi connectivity index (χ4v) is 1.18. The molecule has 0 aromatic carbocycles. The molecule has 1 unspecified atom stereocenters. The SMILES string of the molecule is COc1cccc(C(O)CNC(C)C)n1. The third kappa shape index (κ3) is 3.85. The van der Waals surface area contributed by atoms with Crippen molar-refractivity contribution in [3.8, 4) is 5.88 Å². The van der Waals surface area contributed by atoms with Gasteiger partial charge in [-0.25, -0.2) is 4.98 Å². The molecule has 0 aliphatic rings. The molecule has 0 saturated carbocycles. The zero-order valence-corrected chi connectivity index (χ0v) is 9.40. The van der Waals surface area contributed by atoms with E-state index in [0.717, 1.165) is 0 Å². The minimum atomic E-state index is -0.595. The van der Waals surface area contributed by atoms with Crippen LogP contribution in [0.1, 0.15) is 25.6 Å². The second-order valence-corrected chi connectivity index (χ2v) is 3.68. The first kappa shape index (κ1) is 11.9. The number of aliphatic hydroxyl groups excluding tert-OH is 1. The molecule has 1 atom stereocenters. The van der Waals surface area contributed by atoms with Gasteiger partial charge in [0.25, 0.3) is 0 Å². The Morgan fingerprint density at radius 2 is 2.20 bits per heavy atom. The topological polar surface area (TPSA) is 54.4 Å². The number of nitrogens with one attached hydrogen (secondary N) is 1. The van der Waals surface area contributed by atoms with Crippen LogP contribution in [0, 0.1) is 0 Å². The van der Waals surface area contributed by atoms with Gasteiger partial charge in [0, 0.05) is 18.7 Å². The van der Waals surface area contributed by atoms with Crippen molar-refractivity contribution in [2.24, 2.45) is 0 Å². The molecule has 1 aromatic rings. The average molecular weight is 210 g/mol. The van der Waals surface area contributed by atoms with E-state index in [9.17, 15) is 5.11 Å². The number of rotatable bonds is 5. The van der Waals surface area contributed by atoms with E-state index in [2.05, 4.69) is 10.3 Å². The number of hydrogen-bond acceptors (Lipinski definition) is 4. The summed E-state index contributed by atoms with van der Waals surface area (Å²) in [6.07, 6.45) is -0.595. The zero-order chi connectivity index (χ0) is 11.3. The van der Waals surface area contributed by atoms with Gasteiger partial charge in [-0.05, 0) is 6.07 Å². The van der Waals surface area contributed by atoms with Crippen LogP contribution in [0.15, 0.2) is 18.2 Å². The van der Waals surface area contributed by atoms with Gasteiger partial charge in [-0.2, -0.15) is 0 Å². The lowest BCUT2D eigenvalue weighted by Gasteiger charge is -2.13. The van der Waals surface area contributed by atoms with Gasteiger partial charge < -0.3 is 15.2 Å². The minimum Gasteiger partial charge on any atom is -0.481 e. The molecular formula is C11H18N2O2. The van der Waals surface area contributed by atoms with E-state index >= 15 is 0 Å². The molecule has 1 aromatic heterocycles. The lowest BCUT2D eigenvalue weighted by Crippen LogP contribution is -2.28. The number of methoxy groups -OCH3 is 1. The molecule has 15 heavy (non-hydrogen) atoms. The fraction of sp³-hybridized carbons (Fsp3) is 0.545. The van der Waals surface area contributed by atoms with Crippen molar-refractivity contribution in [1.82, 2.24) is 10.3 Å². The molecule has 0 radical (unpaired) electrons. The van der Waals surface area contributed by atoms with Crippen LogP contribution in [-0.2, 0) is 0 Å². The summed E-state index contributed by atoms with van der Waals surface area (Å²) in [4.78, 5) is 4.16. The van der Waals surface area contributed by atoms with Gasteiger partial charge in [0.1, 0.15) is 6.10 Å². The largest absolute Gasteiger partial charge is 0.481 e. The molecule has 0 aliphatic heterocycles. The zero-order valence-electron chi connectivity index (χ0n) is 9.40. The first-order valence-corrected chi connectivity index (χ1v) is 5.06. The molecule has 1 heterocycles. The second kappa shape index (κ2) is 5.68. The first-order chi connectivity index (χ1) is 7.13. The summed E-state index contributed by atoms with van der Waals surface area (Å²) in [6, 6.07) is 5.71. The Labute approximate surface area is 90.3 Å². The van der Waals surface area contributed by atoms with Crippen LogP contribution in [-0.4, -0.2) is 29.8 Å². The standard InChI is InChI=1S/C11H18N2O2/c1-8(2)12-7-10(14)9-5-4-6-11(13-9)15-3/h4-6,8,10,12,14H,7H2,1-3H3. The highest BCUT2D eigenvalue weighted by Gasteiger charge is 2.09. The van der Waals surface area contributed by atoms with Gasteiger partial charge in [-0.15, -0.1) is 0 Å². The van der Waals surface area contributed by atoms with Crippen LogP contribution in [0.25, 0.3) is 0 Å². The lowest BCUT2D eigenvalue weighted by molar-refractivity contribution is 0.166. The predicted octanol–water partition coefficient (Wildman–Crippen LogP) is 1.12. The normalized spacial score (nSPS) is 12.9. The van der Waals surface area contributed by atoms with Crippen molar-refractivity contribution in [3.63, 3.8) is 0 Å². The molecule has 4 nitrogen and oxygen atoms in total. The number of aromatic nitrogens is 1. The summed E-state index contributed by atoms with van der Waals surface area (Å²) in [5, 5.41) is 13.0. The molecule has 0 amide bonds. The van der Waals surface area contributed by atoms with E-state index in [1.807, 2.05) is 19.9 Å². The van der Waals surface area contributed by atoms with Crippen LogP contribution < -0.4 is 10.1 Å². The van der Waals surface area contributed by atoms with Crippen molar-refractivity contribution < 1.29 is 9.84 Å². The van der Waals surface area contributed by atoms with Crippen molar-refractivity contribution in [2.75, 3.05) is 13.7 Å². The van der Waals surface area contributed by atoms with Crippen LogP contribution in [0.2, 0.25) is 0 Å². The highest BCUT2D eigenvalue weighted by molar-refractivity contribution is 5.17. The minimum absolute atomic E-state index is 0.352. The summed E-state index contributed by atoms with van der Waals surface area (Å²) in [5.74, 6) is 0.524. The Hall–Kier alpha value is -1.13. The van der Waals surface area contributed by atoms with E-state index < -0.39 is 6.10 Å². The van der Waals surface area contributed by atoms with E-state index in [4.69, 9.17) is 4.74 Å². The molecule has 0 bridgehead atoms. The van der Waals surface area contributed by atoms with E-state index in [0.29, 0.717) is 24.2 Å². The molecule has 0 fully saturated rings. The van der Waals surface area contributed by atoms with Gasteiger partial charge in [-0.1, -0.05) is 19.9 Å². The molecule has 0 saturated heterocycles. The first-order valence-electron chi connectivity index (χ1n) is 5.06. The van der Waals surface area contributed by atoms with Gasteiger partial charge in [-0.3, -0.25) is 0 Å². The number of ether oxygens (including phenoxy) is 1. The Bertz CT molecular complexity index is 302. The Balaban J connectivity index is 2.60. The summed E-state index contributed by atoms with van der Waals surface area (Å²) < 4.78 is 4.99. The van der Waals surface area contributed by atoms with Gasteiger partial charge in [0.2, 0.25) is 5.88 Å². The maximum atomic E-state index is 9.81. The third-order valence-corrected chi connectivity index (χ3v) is 2.02. The van der Waals surface area contributed by atoms with E-state index in [-0.39, 0.29) is 0 Å². The fourth-order valence-electron chi connectivity index (χ4n) is 1.18. The second-order valence-electron chi connectivity index (χ2n) is 3.68. The number of aliphatic hydroxyl groups is 1. The quantitative estimate of drug-likeness (QED) is 0.764. The van der Waals surface area contributed by atoms with Crippen molar-refractivity contribution in [1.29, 1.82) is 0 Å². The molecule has 2 N–H and O–H groups in total.